The molecular weight excluding hydrogens is 324 g/mol. The summed E-state index contributed by atoms with van der Waals surface area (Å²) in [5.41, 5.74) is 2.63. The van der Waals surface area contributed by atoms with Gasteiger partial charge in [-0.2, -0.15) is 5.10 Å². The van der Waals surface area contributed by atoms with Crippen molar-refractivity contribution in [3.05, 3.63) is 52.3 Å². The fraction of sp³-hybridized carbons (Fsp3) is 0.400. The first-order valence-electron chi connectivity index (χ1n) is 6.45. The Morgan fingerprint density at radius 1 is 1.26 bits per heavy atom. The number of aromatic nitrogens is 2. The Morgan fingerprint density at radius 3 is 2.58 bits per heavy atom. The van der Waals surface area contributed by atoms with Gasteiger partial charge in [0.2, 0.25) is 0 Å². The van der Waals surface area contributed by atoms with E-state index in [1.807, 2.05) is 17.9 Å². The van der Waals surface area contributed by atoms with E-state index in [2.05, 4.69) is 51.5 Å². The summed E-state index contributed by atoms with van der Waals surface area (Å²) in [6.45, 7) is 0. The third kappa shape index (κ3) is 4.66. The Hall–Kier alpha value is -0.800. The lowest BCUT2D eigenvalue weighted by Gasteiger charge is -2.13. The number of nitrogens with zero attached hydrogens (tertiary/aromatic N) is 2. The highest BCUT2D eigenvalue weighted by Gasteiger charge is 2.09. The molecule has 2 aromatic rings. The predicted molar refractivity (Wildman–Crippen MR) is 83.6 cm³/mol. The standard InChI is InChI=1S/C15H18BrClN2/c1-19-11-14(10-18-19)3-2-13(9-17)8-12-4-6-15(16)7-5-12/h4-7,10-11,13H,2-3,8-9H2,1H3. The molecule has 1 unspecified atom stereocenters. The first kappa shape index (κ1) is 14.6. The van der Waals surface area contributed by atoms with Crippen molar-refractivity contribution >= 4 is 27.5 Å². The van der Waals surface area contributed by atoms with E-state index in [4.69, 9.17) is 11.6 Å². The summed E-state index contributed by atoms with van der Waals surface area (Å²) in [5, 5.41) is 4.19. The second-order valence-electron chi connectivity index (χ2n) is 4.91. The van der Waals surface area contributed by atoms with Gasteiger partial charge < -0.3 is 0 Å². The van der Waals surface area contributed by atoms with Crippen molar-refractivity contribution in [1.82, 2.24) is 9.78 Å². The van der Waals surface area contributed by atoms with Crippen molar-refractivity contribution in [2.45, 2.75) is 19.3 Å². The minimum absolute atomic E-state index is 0.517. The highest BCUT2D eigenvalue weighted by molar-refractivity contribution is 9.10. The minimum atomic E-state index is 0.517. The molecule has 2 nitrogen and oxygen atoms in total. The Labute approximate surface area is 127 Å². The molecule has 0 bridgehead atoms. The van der Waals surface area contributed by atoms with Crippen molar-refractivity contribution in [2.24, 2.45) is 13.0 Å². The molecule has 1 heterocycles. The monoisotopic (exact) mass is 340 g/mol. The molecule has 0 aliphatic carbocycles. The van der Waals surface area contributed by atoms with E-state index < -0.39 is 0 Å². The number of hydrogen-bond donors (Lipinski definition) is 0. The zero-order valence-electron chi connectivity index (χ0n) is 11.0. The van der Waals surface area contributed by atoms with Gasteiger partial charge in [0, 0.05) is 23.6 Å². The van der Waals surface area contributed by atoms with E-state index >= 15 is 0 Å². The maximum atomic E-state index is 6.09. The van der Waals surface area contributed by atoms with Gasteiger partial charge in [0.05, 0.1) is 6.20 Å². The van der Waals surface area contributed by atoms with Crippen LogP contribution in [0.15, 0.2) is 41.1 Å². The second kappa shape index (κ2) is 7.11. The Balaban J connectivity index is 1.87. The lowest BCUT2D eigenvalue weighted by atomic mass is 9.95. The van der Waals surface area contributed by atoms with E-state index in [1.165, 1.54) is 11.1 Å². The van der Waals surface area contributed by atoms with Crippen LogP contribution in [0.5, 0.6) is 0 Å². The van der Waals surface area contributed by atoms with E-state index in [0.717, 1.165) is 23.7 Å². The average molecular weight is 342 g/mol. The van der Waals surface area contributed by atoms with Gasteiger partial charge in [-0.25, -0.2) is 0 Å². The molecule has 19 heavy (non-hydrogen) atoms. The molecule has 1 aromatic heterocycles. The van der Waals surface area contributed by atoms with Crippen LogP contribution in [0.2, 0.25) is 0 Å². The van der Waals surface area contributed by atoms with Crippen molar-refractivity contribution in [2.75, 3.05) is 5.88 Å². The SMILES string of the molecule is Cn1cc(CCC(CCl)Cc2ccc(Br)cc2)cn1. The van der Waals surface area contributed by atoms with Crippen molar-refractivity contribution < 1.29 is 0 Å². The van der Waals surface area contributed by atoms with Gasteiger partial charge in [0.25, 0.3) is 0 Å². The summed E-state index contributed by atoms with van der Waals surface area (Å²) in [6, 6.07) is 8.49. The number of benzene rings is 1. The molecule has 0 radical (unpaired) electrons. The number of halogens is 2. The third-order valence-corrected chi connectivity index (χ3v) is 4.22. The van der Waals surface area contributed by atoms with E-state index in [0.29, 0.717) is 11.8 Å². The van der Waals surface area contributed by atoms with Crippen LogP contribution in [0.1, 0.15) is 17.5 Å². The van der Waals surface area contributed by atoms with Gasteiger partial charge in [0.1, 0.15) is 0 Å². The van der Waals surface area contributed by atoms with Crippen molar-refractivity contribution in [3.63, 3.8) is 0 Å². The first-order chi connectivity index (χ1) is 9.17. The average Bonchev–Trinajstić information content (AvgIpc) is 2.82. The number of hydrogen-bond acceptors (Lipinski definition) is 1. The van der Waals surface area contributed by atoms with Crippen molar-refractivity contribution in [1.29, 1.82) is 0 Å². The van der Waals surface area contributed by atoms with Crippen LogP contribution < -0.4 is 0 Å². The molecule has 102 valence electrons. The summed E-state index contributed by atoms with van der Waals surface area (Å²) >= 11 is 9.55. The highest BCUT2D eigenvalue weighted by atomic mass is 79.9. The molecule has 0 saturated heterocycles. The summed E-state index contributed by atoms with van der Waals surface area (Å²) in [5.74, 6) is 1.22. The lowest BCUT2D eigenvalue weighted by Crippen LogP contribution is -2.08. The molecule has 0 amide bonds. The molecular formula is C15H18BrClN2. The van der Waals surface area contributed by atoms with E-state index in [-0.39, 0.29) is 0 Å². The molecule has 0 saturated carbocycles. The van der Waals surface area contributed by atoms with E-state index in [1.54, 1.807) is 0 Å². The minimum Gasteiger partial charge on any atom is -0.276 e. The van der Waals surface area contributed by atoms with Crippen LogP contribution in [-0.2, 0) is 19.9 Å². The van der Waals surface area contributed by atoms with Crippen LogP contribution in [0, 0.1) is 5.92 Å². The normalized spacial score (nSPS) is 12.6. The zero-order valence-corrected chi connectivity index (χ0v) is 13.4. The smallest absolute Gasteiger partial charge is 0.0521 e. The Morgan fingerprint density at radius 2 is 2.00 bits per heavy atom. The summed E-state index contributed by atoms with van der Waals surface area (Å²) in [7, 11) is 1.95. The fourth-order valence-electron chi connectivity index (χ4n) is 2.16. The largest absolute Gasteiger partial charge is 0.276 e. The van der Waals surface area contributed by atoms with Gasteiger partial charge in [-0.05, 0) is 48.4 Å². The summed E-state index contributed by atoms with van der Waals surface area (Å²) in [6.07, 6.45) is 7.19. The zero-order chi connectivity index (χ0) is 13.7. The quantitative estimate of drug-likeness (QED) is 0.720. The Kier molecular flexibility index (Phi) is 5.46. The van der Waals surface area contributed by atoms with Crippen molar-refractivity contribution in [3.8, 4) is 0 Å². The molecule has 4 heteroatoms. The maximum absolute atomic E-state index is 6.09. The van der Waals surface area contributed by atoms with Crippen LogP contribution in [0.25, 0.3) is 0 Å². The molecule has 0 spiro atoms. The van der Waals surface area contributed by atoms with Gasteiger partial charge >= 0.3 is 0 Å². The molecule has 0 aliphatic heterocycles. The highest BCUT2D eigenvalue weighted by Crippen LogP contribution is 2.18. The number of alkyl halides is 1. The van der Waals surface area contributed by atoms with Crippen LogP contribution in [0.4, 0.5) is 0 Å². The second-order valence-corrected chi connectivity index (χ2v) is 6.14. The predicted octanol–water partition coefficient (Wildman–Crippen LogP) is 4.21. The first-order valence-corrected chi connectivity index (χ1v) is 7.78. The lowest BCUT2D eigenvalue weighted by molar-refractivity contribution is 0.536. The van der Waals surface area contributed by atoms with Gasteiger partial charge in [-0.15, -0.1) is 11.6 Å². The van der Waals surface area contributed by atoms with Gasteiger partial charge in [-0.3, -0.25) is 4.68 Å². The summed E-state index contributed by atoms with van der Waals surface area (Å²) < 4.78 is 2.97. The number of aryl methyl sites for hydroxylation is 2. The van der Waals surface area contributed by atoms with Gasteiger partial charge in [0.15, 0.2) is 0 Å². The third-order valence-electron chi connectivity index (χ3n) is 3.26. The van der Waals surface area contributed by atoms with Crippen LogP contribution >= 0.6 is 27.5 Å². The molecule has 1 aromatic carbocycles. The number of rotatable bonds is 6. The Bertz CT molecular complexity index is 507. The molecule has 0 aliphatic rings. The van der Waals surface area contributed by atoms with Gasteiger partial charge in [-0.1, -0.05) is 28.1 Å². The molecule has 0 N–H and O–H groups in total. The van der Waals surface area contributed by atoms with Crippen LogP contribution in [0.3, 0.4) is 0 Å². The van der Waals surface area contributed by atoms with Crippen LogP contribution in [-0.4, -0.2) is 15.7 Å². The topological polar surface area (TPSA) is 17.8 Å². The van der Waals surface area contributed by atoms with E-state index in [9.17, 15) is 0 Å². The summed E-state index contributed by atoms with van der Waals surface area (Å²) in [4.78, 5) is 0. The molecule has 0 fully saturated rings. The maximum Gasteiger partial charge on any atom is 0.0521 e. The molecule has 2 rings (SSSR count). The molecule has 1 atom stereocenters. The fourth-order valence-corrected chi connectivity index (χ4v) is 2.69.